The first-order valence-electron chi connectivity index (χ1n) is 6.39. The van der Waals surface area contributed by atoms with Crippen LogP contribution in [-0.2, 0) is 4.79 Å². The highest BCUT2D eigenvalue weighted by Crippen LogP contribution is 2.25. The van der Waals surface area contributed by atoms with Crippen molar-refractivity contribution >= 4 is 11.9 Å². The van der Waals surface area contributed by atoms with E-state index in [1.54, 1.807) is 0 Å². The summed E-state index contributed by atoms with van der Waals surface area (Å²) < 4.78 is 26.5. The van der Waals surface area contributed by atoms with E-state index in [1.165, 1.54) is 0 Å². The Kier molecular flexibility index (Phi) is 4.01. The molecule has 1 saturated heterocycles. The van der Waals surface area contributed by atoms with Crippen LogP contribution >= 0.6 is 0 Å². The van der Waals surface area contributed by atoms with Crippen molar-refractivity contribution < 1.29 is 23.5 Å². The third-order valence-corrected chi connectivity index (χ3v) is 3.57. The van der Waals surface area contributed by atoms with Crippen LogP contribution in [0.1, 0.15) is 30.1 Å². The van der Waals surface area contributed by atoms with Crippen molar-refractivity contribution in [2.24, 2.45) is 5.92 Å². The van der Waals surface area contributed by atoms with Gasteiger partial charge in [0.2, 0.25) is 0 Å². The van der Waals surface area contributed by atoms with Crippen LogP contribution in [0.3, 0.4) is 0 Å². The van der Waals surface area contributed by atoms with Crippen molar-refractivity contribution in [3.05, 3.63) is 35.4 Å². The second-order valence-corrected chi connectivity index (χ2v) is 5.11. The molecular weight excluding hydrogens is 268 g/mol. The number of carbonyl (C=O) groups excluding carboxylic acids is 1. The summed E-state index contributed by atoms with van der Waals surface area (Å²) in [4.78, 5) is 24.6. The zero-order valence-corrected chi connectivity index (χ0v) is 11.0. The van der Waals surface area contributed by atoms with Gasteiger partial charge < -0.3 is 10.0 Å². The lowest BCUT2D eigenvalue weighted by atomic mass is 9.92. The summed E-state index contributed by atoms with van der Waals surface area (Å²) in [5, 5.41) is 9.19. The molecule has 1 amide bonds. The Balaban J connectivity index is 2.28. The van der Waals surface area contributed by atoms with Crippen LogP contribution in [0.5, 0.6) is 0 Å². The first-order chi connectivity index (χ1) is 9.40. The number of carboxylic acids is 1. The van der Waals surface area contributed by atoms with Gasteiger partial charge in [0.1, 0.15) is 17.7 Å². The highest BCUT2D eigenvalue weighted by atomic mass is 19.1. The highest BCUT2D eigenvalue weighted by Gasteiger charge is 2.35. The minimum absolute atomic E-state index is 0.193. The Morgan fingerprint density at radius 3 is 2.65 bits per heavy atom. The minimum Gasteiger partial charge on any atom is -0.480 e. The van der Waals surface area contributed by atoms with Crippen molar-refractivity contribution in [3.63, 3.8) is 0 Å². The Morgan fingerprint density at radius 1 is 1.35 bits per heavy atom. The number of carboxylic acid groups (broad SMARTS) is 1. The van der Waals surface area contributed by atoms with Gasteiger partial charge >= 0.3 is 5.97 Å². The smallest absolute Gasteiger partial charge is 0.326 e. The predicted molar refractivity (Wildman–Crippen MR) is 67.2 cm³/mol. The van der Waals surface area contributed by atoms with Gasteiger partial charge in [0.25, 0.3) is 5.91 Å². The SMILES string of the molecule is CC1CCN(C(=O)c2ccc(F)cc2F)C(C(=O)O)C1. The number of aliphatic carboxylic acids is 1. The summed E-state index contributed by atoms with van der Waals surface area (Å²) in [5.41, 5.74) is -0.299. The summed E-state index contributed by atoms with van der Waals surface area (Å²) in [6, 6.07) is 1.69. The van der Waals surface area contributed by atoms with Gasteiger partial charge in [-0.25, -0.2) is 13.6 Å². The number of nitrogens with zero attached hydrogens (tertiary/aromatic N) is 1. The second kappa shape index (κ2) is 5.56. The van der Waals surface area contributed by atoms with Crippen LogP contribution in [0.2, 0.25) is 0 Å². The van der Waals surface area contributed by atoms with E-state index < -0.39 is 29.6 Å². The van der Waals surface area contributed by atoms with Crippen molar-refractivity contribution in [2.45, 2.75) is 25.8 Å². The monoisotopic (exact) mass is 283 g/mol. The number of likely N-dealkylation sites (tertiary alicyclic amines) is 1. The molecule has 108 valence electrons. The van der Waals surface area contributed by atoms with Crippen LogP contribution < -0.4 is 0 Å². The number of amides is 1. The lowest BCUT2D eigenvalue weighted by Gasteiger charge is -2.36. The Labute approximate surface area is 115 Å². The van der Waals surface area contributed by atoms with E-state index in [0.717, 1.165) is 17.0 Å². The maximum absolute atomic E-state index is 13.6. The molecule has 1 aromatic carbocycles. The van der Waals surface area contributed by atoms with Crippen molar-refractivity contribution in [1.29, 1.82) is 0 Å². The van der Waals surface area contributed by atoms with Crippen molar-refractivity contribution in [1.82, 2.24) is 4.90 Å². The summed E-state index contributed by atoms with van der Waals surface area (Å²) in [6.45, 7) is 2.17. The quantitative estimate of drug-likeness (QED) is 0.906. The second-order valence-electron chi connectivity index (χ2n) is 5.11. The van der Waals surface area contributed by atoms with E-state index in [1.807, 2.05) is 6.92 Å². The van der Waals surface area contributed by atoms with E-state index in [9.17, 15) is 23.5 Å². The fraction of sp³-hybridized carbons (Fsp3) is 0.429. The fourth-order valence-corrected chi connectivity index (χ4v) is 2.44. The summed E-state index contributed by atoms with van der Waals surface area (Å²) in [5.74, 6) is -3.37. The third-order valence-electron chi connectivity index (χ3n) is 3.57. The zero-order valence-electron chi connectivity index (χ0n) is 11.0. The van der Waals surface area contributed by atoms with Crippen molar-refractivity contribution in [3.8, 4) is 0 Å². The van der Waals surface area contributed by atoms with E-state index in [2.05, 4.69) is 0 Å². The molecule has 2 atom stereocenters. The number of benzene rings is 1. The lowest BCUT2D eigenvalue weighted by Crippen LogP contribution is -2.50. The maximum Gasteiger partial charge on any atom is 0.326 e. The van der Waals surface area contributed by atoms with Crippen LogP contribution in [0.4, 0.5) is 8.78 Å². The van der Waals surface area contributed by atoms with Gasteiger partial charge in [-0.05, 0) is 30.9 Å². The number of hydrogen-bond donors (Lipinski definition) is 1. The molecule has 1 aliphatic heterocycles. The molecule has 0 saturated carbocycles. The number of rotatable bonds is 2. The molecule has 0 aromatic heterocycles. The molecular formula is C14H15F2NO3. The van der Waals surface area contributed by atoms with Gasteiger partial charge in [0.05, 0.1) is 5.56 Å². The van der Waals surface area contributed by atoms with Gasteiger partial charge in [-0.15, -0.1) is 0 Å². The average molecular weight is 283 g/mol. The lowest BCUT2D eigenvalue weighted by molar-refractivity contribution is -0.144. The first-order valence-corrected chi connectivity index (χ1v) is 6.39. The number of halogens is 2. The van der Waals surface area contributed by atoms with Crippen molar-refractivity contribution in [2.75, 3.05) is 6.54 Å². The maximum atomic E-state index is 13.6. The number of piperidine rings is 1. The van der Waals surface area contributed by atoms with Gasteiger partial charge in [0.15, 0.2) is 0 Å². The molecule has 1 heterocycles. The summed E-state index contributed by atoms with van der Waals surface area (Å²) >= 11 is 0. The third kappa shape index (κ3) is 2.79. The molecule has 2 unspecified atom stereocenters. The fourth-order valence-electron chi connectivity index (χ4n) is 2.44. The van der Waals surface area contributed by atoms with Gasteiger partial charge in [0, 0.05) is 12.6 Å². The normalized spacial score (nSPS) is 22.6. The molecule has 0 bridgehead atoms. The molecule has 1 aliphatic rings. The molecule has 2 rings (SSSR count). The minimum atomic E-state index is -1.10. The molecule has 20 heavy (non-hydrogen) atoms. The topological polar surface area (TPSA) is 57.6 Å². The number of hydrogen-bond acceptors (Lipinski definition) is 2. The van der Waals surface area contributed by atoms with Crippen LogP contribution in [-0.4, -0.2) is 34.5 Å². The standard InChI is InChI=1S/C14H15F2NO3/c1-8-4-5-17(12(6-8)14(19)20)13(18)10-3-2-9(15)7-11(10)16/h2-3,7-8,12H,4-6H2,1H3,(H,19,20). The predicted octanol–water partition coefficient (Wildman–Crippen LogP) is 2.29. The van der Waals surface area contributed by atoms with Crippen LogP contribution in [0, 0.1) is 17.6 Å². The Morgan fingerprint density at radius 2 is 2.05 bits per heavy atom. The van der Waals surface area contributed by atoms with Crippen LogP contribution in [0.25, 0.3) is 0 Å². The number of carbonyl (C=O) groups is 2. The average Bonchev–Trinajstić information content (AvgIpc) is 2.37. The molecule has 0 aliphatic carbocycles. The first kappa shape index (κ1) is 14.4. The highest BCUT2D eigenvalue weighted by molar-refractivity contribution is 5.97. The molecule has 1 fully saturated rings. The van der Waals surface area contributed by atoms with Gasteiger partial charge in [-0.3, -0.25) is 4.79 Å². The van der Waals surface area contributed by atoms with Gasteiger partial charge in [-0.1, -0.05) is 6.92 Å². The Hall–Kier alpha value is -1.98. The molecule has 1 N–H and O–H groups in total. The molecule has 4 nitrogen and oxygen atoms in total. The molecule has 0 spiro atoms. The van der Waals surface area contributed by atoms with E-state index in [-0.39, 0.29) is 18.0 Å². The Bertz CT molecular complexity index is 547. The molecule has 1 aromatic rings. The van der Waals surface area contributed by atoms with E-state index in [4.69, 9.17) is 0 Å². The van der Waals surface area contributed by atoms with Gasteiger partial charge in [-0.2, -0.15) is 0 Å². The molecule has 6 heteroatoms. The van der Waals surface area contributed by atoms with E-state index in [0.29, 0.717) is 18.9 Å². The van der Waals surface area contributed by atoms with Crippen LogP contribution in [0.15, 0.2) is 18.2 Å². The van der Waals surface area contributed by atoms with E-state index >= 15 is 0 Å². The molecule has 0 radical (unpaired) electrons. The summed E-state index contributed by atoms with van der Waals surface area (Å²) in [6.07, 6.45) is 1.00. The summed E-state index contributed by atoms with van der Waals surface area (Å²) in [7, 11) is 0. The largest absolute Gasteiger partial charge is 0.480 e. The zero-order chi connectivity index (χ0) is 14.9.